The van der Waals surface area contributed by atoms with Crippen molar-refractivity contribution in [3.8, 4) is 5.75 Å². The summed E-state index contributed by atoms with van der Waals surface area (Å²) in [5, 5.41) is 11.4. The Bertz CT molecular complexity index is 1040. The van der Waals surface area contributed by atoms with E-state index in [-0.39, 0.29) is 11.3 Å². The number of likely N-dealkylation sites (tertiary alicyclic amines) is 1. The summed E-state index contributed by atoms with van der Waals surface area (Å²) in [5.74, 6) is -0.767. The minimum Gasteiger partial charge on any atom is -0.507 e. The van der Waals surface area contributed by atoms with Gasteiger partial charge in [-0.15, -0.1) is 0 Å². The molecule has 0 saturated carbocycles. The maximum absolute atomic E-state index is 13.1. The molecule has 1 amide bonds. The van der Waals surface area contributed by atoms with Gasteiger partial charge in [0.1, 0.15) is 11.5 Å². The van der Waals surface area contributed by atoms with Crippen molar-refractivity contribution >= 4 is 29.1 Å². The van der Waals surface area contributed by atoms with Crippen molar-refractivity contribution in [2.75, 3.05) is 34.3 Å². The van der Waals surface area contributed by atoms with Crippen LogP contribution in [0.25, 0.3) is 5.76 Å². The van der Waals surface area contributed by atoms with E-state index in [1.165, 1.54) is 18.1 Å². The quantitative estimate of drug-likeness (QED) is 0.378. The molecule has 1 aliphatic heterocycles. The van der Waals surface area contributed by atoms with Gasteiger partial charge in [0.15, 0.2) is 0 Å². The second-order valence-corrected chi connectivity index (χ2v) is 8.87. The van der Waals surface area contributed by atoms with Crippen LogP contribution in [0.5, 0.6) is 5.75 Å². The Balaban J connectivity index is 2.14. The summed E-state index contributed by atoms with van der Waals surface area (Å²) < 4.78 is 5.17. The molecule has 0 bridgehead atoms. The summed E-state index contributed by atoms with van der Waals surface area (Å²) in [4.78, 5) is 29.5. The third-order valence-corrected chi connectivity index (χ3v) is 5.97. The zero-order valence-corrected chi connectivity index (χ0v) is 19.8. The highest BCUT2D eigenvalue weighted by Gasteiger charge is 2.45. The Morgan fingerprint density at radius 3 is 2.34 bits per heavy atom. The molecule has 0 aromatic heterocycles. The van der Waals surface area contributed by atoms with Crippen LogP contribution in [-0.4, -0.2) is 60.9 Å². The standard InChI is InChI=1S/C25H29ClN2O4/c1-15(2)16-6-8-17(9-7-16)22-21(24(30)25(31)28(22)13-12-27(3)4)23(29)18-10-11-20(32-5)19(26)14-18/h6-11,14-15,22,29H,12-13H2,1-5H3. The Labute approximate surface area is 194 Å². The summed E-state index contributed by atoms with van der Waals surface area (Å²) in [7, 11) is 5.31. The lowest BCUT2D eigenvalue weighted by Crippen LogP contribution is -2.35. The Morgan fingerprint density at radius 1 is 1.16 bits per heavy atom. The first-order valence-electron chi connectivity index (χ1n) is 10.5. The number of rotatable bonds is 7. The number of hydrogen-bond donors (Lipinski definition) is 1. The van der Waals surface area contributed by atoms with Crippen LogP contribution in [0.2, 0.25) is 5.02 Å². The molecule has 1 unspecified atom stereocenters. The largest absolute Gasteiger partial charge is 0.507 e. The summed E-state index contributed by atoms with van der Waals surface area (Å²) >= 11 is 6.23. The number of aliphatic hydroxyl groups is 1. The molecule has 0 spiro atoms. The molecule has 6 nitrogen and oxygen atoms in total. The molecule has 3 rings (SSSR count). The van der Waals surface area contributed by atoms with Gasteiger partial charge < -0.3 is 19.6 Å². The predicted molar refractivity (Wildman–Crippen MR) is 126 cm³/mol. The van der Waals surface area contributed by atoms with Crippen LogP contribution in [0, 0.1) is 0 Å². The molecule has 170 valence electrons. The summed E-state index contributed by atoms with van der Waals surface area (Å²) in [6.45, 7) is 5.15. The van der Waals surface area contributed by atoms with Crippen LogP contribution in [0.15, 0.2) is 48.0 Å². The minimum atomic E-state index is -0.703. The first kappa shape index (κ1) is 23.8. The van der Waals surface area contributed by atoms with Crippen LogP contribution in [-0.2, 0) is 9.59 Å². The van der Waals surface area contributed by atoms with Gasteiger partial charge in [-0.3, -0.25) is 9.59 Å². The molecule has 2 aromatic rings. The SMILES string of the molecule is COc1ccc(C(O)=C2C(=O)C(=O)N(CCN(C)C)C2c2ccc(C(C)C)cc2)cc1Cl. The third kappa shape index (κ3) is 4.66. The van der Waals surface area contributed by atoms with Crippen molar-refractivity contribution in [1.82, 2.24) is 9.80 Å². The first-order chi connectivity index (χ1) is 15.1. The van der Waals surface area contributed by atoms with Crippen molar-refractivity contribution in [2.24, 2.45) is 0 Å². The third-order valence-electron chi connectivity index (χ3n) is 5.67. The zero-order valence-electron chi connectivity index (χ0n) is 19.1. The highest BCUT2D eigenvalue weighted by atomic mass is 35.5. The van der Waals surface area contributed by atoms with Crippen molar-refractivity contribution in [1.29, 1.82) is 0 Å². The lowest BCUT2D eigenvalue weighted by atomic mass is 9.93. The van der Waals surface area contributed by atoms with Crippen LogP contribution in [0.1, 0.15) is 42.5 Å². The van der Waals surface area contributed by atoms with Crippen LogP contribution in [0.4, 0.5) is 0 Å². The number of ether oxygens (including phenoxy) is 1. The molecule has 1 heterocycles. The van der Waals surface area contributed by atoms with Crippen molar-refractivity contribution < 1.29 is 19.4 Å². The number of aliphatic hydroxyl groups excluding tert-OH is 1. The smallest absolute Gasteiger partial charge is 0.295 e. The van der Waals surface area contributed by atoms with Gasteiger partial charge in [-0.25, -0.2) is 0 Å². The molecular weight excluding hydrogens is 428 g/mol. The van der Waals surface area contributed by atoms with Crippen molar-refractivity contribution in [2.45, 2.75) is 25.8 Å². The number of amides is 1. The molecule has 2 aromatic carbocycles. The Kier molecular flexibility index (Phi) is 7.26. The normalized spacial score (nSPS) is 18.1. The highest BCUT2D eigenvalue weighted by molar-refractivity contribution is 6.46. The average molecular weight is 457 g/mol. The number of likely N-dealkylation sites (N-methyl/N-ethyl adjacent to an activating group) is 1. The number of carbonyl (C=O) groups is 2. The number of halogens is 1. The predicted octanol–water partition coefficient (Wildman–Crippen LogP) is 4.46. The molecule has 1 aliphatic rings. The molecule has 1 fully saturated rings. The Hall–Kier alpha value is -2.83. The maximum Gasteiger partial charge on any atom is 0.295 e. The first-order valence-corrected chi connectivity index (χ1v) is 10.9. The number of benzene rings is 2. The van der Waals surface area contributed by atoms with Crippen LogP contribution < -0.4 is 4.74 Å². The highest BCUT2D eigenvalue weighted by Crippen LogP contribution is 2.40. The topological polar surface area (TPSA) is 70.1 Å². The van der Waals surface area contributed by atoms with E-state index in [1.54, 1.807) is 12.1 Å². The van der Waals surface area contributed by atoms with E-state index in [4.69, 9.17) is 16.3 Å². The molecule has 0 aliphatic carbocycles. The fraction of sp³-hybridized carbons (Fsp3) is 0.360. The Morgan fingerprint density at radius 2 is 1.81 bits per heavy atom. The fourth-order valence-corrected chi connectivity index (χ4v) is 4.06. The second kappa shape index (κ2) is 9.76. The molecule has 7 heteroatoms. The summed E-state index contributed by atoms with van der Waals surface area (Å²) in [6.07, 6.45) is 0. The summed E-state index contributed by atoms with van der Waals surface area (Å²) in [6, 6.07) is 11.9. The van der Waals surface area contributed by atoms with Gasteiger partial charge in [-0.05, 0) is 49.3 Å². The monoisotopic (exact) mass is 456 g/mol. The lowest BCUT2D eigenvalue weighted by molar-refractivity contribution is -0.140. The van der Waals surface area contributed by atoms with E-state index in [1.807, 2.05) is 43.3 Å². The fourth-order valence-electron chi connectivity index (χ4n) is 3.80. The molecule has 32 heavy (non-hydrogen) atoms. The number of methoxy groups -OCH3 is 1. The van der Waals surface area contributed by atoms with E-state index in [0.29, 0.717) is 35.3 Å². The van der Waals surface area contributed by atoms with Crippen molar-refractivity contribution in [3.63, 3.8) is 0 Å². The molecule has 1 N–H and O–H groups in total. The van der Waals surface area contributed by atoms with Crippen LogP contribution >= 0.6 is 11.6 Å². The number of nitrogens with zero attached hydrogens (tertiary/aromatic N) is 2. The number of ketones is 1. The zero-order chi connectivity index (χ0) is 23.6. The van der Waals surface area contributed by atoms with E-state index in [9.17, 15) is 14.7 Å². The van der Waals surface area contributed by atoms with Gasteiger partial charge in [0.05, 0.1) is 23.7 Å². The van der Waals surface area contributed by atoms with Gasteiger partial charge in [0.2, 0.25) is 0 Å². The number of carbonyl (C=O) groups excluding carboxylic acids is 2. The summed E-state index contributed by atoms with van der Waals surface area (Å²) in [5.41, 5.74) is 2.34. The minimum absolute atomic E-state index is 0.0623. The van der Waals surface area contributed by atoms with Gasteiger partial charge >= 0.3 is 0 Å². The van der Waals surface area contributed by atoms with E-state index in [2.05, 4.69) is 13.8 Å². The molecule has 1 saturated heterocycles. The van der Waals surface area contributed by atoms with Gasteiger partial charge in [-0.2, -0.15) is 0 Å². The number of Topliss-reactive ketones (excluding diaryl/α,β-unsaturated/α-hetero) is 1. The van der Waals surface area contributed by atoms with Gasteiger partial charge in [0.25, 0.3) is 11.7 Å². The van der Waals surface area contributed by atoms with Crippen molar-refractivity contribution in [3.05, 3.63) is 69.8 Å². The van der Waals surface area contributed by atoms with Gasteiger partial charge in [0, 0.05) is 18.7 Å². The number of hydrogen-bond acceptors (Lipinski definition) is 5. The maximum atomic E-state index is 13.1. The second-order valence-electron chi connectivity index (χ2n) is 8.47. The van der Waals surface area contributed by atoms with E-state index < -0.39 is 17.7 Å². The average Bonchev–Trinajstić information content (AvgIpc) is 3.01. The van der Waals surface area contributed by atoms with E-state index in [0.717, 1.165) is 11.1 Å². The molecule has 0 radical (unpaired) electrons. The van der Waals surface area contributed by atoms with E-state index >= 15 is 0 Å². The van der Waals surface area contributed by atoms with Gasteiger partial charge in [-0.1, -0.05) is 49.7 Å². The molecule has 1 atom stereocenters. The molecular formula is C25H29ClN2O4. The lowest BCUT2D eigenvalue weighted by Gasteiger charge is -2.27. The van der Waals surface area contributed by atoms with Crippen LogP contribution in [0.3, 0.4) is 0 Å².